The zero-order chi connectivity index (χ0) is 23.8. The summed E-state index contributed by atoms with van der Waals surface area (Å²) in [5.41, 5.74) is -0.150. The van der Waals surface area contributed by atoms with Gasteiger partial charge in [0.25, 0.3) is 5.91 Å². The summed E-state index contributed by atoms with van der Waals surface area (Å²) in [6.45, 7) is 1.66. The molecule has 10 heteroatoms. The van der Waals surface area contributed by atoms with Gasteiger partial charge in [-0.2, -0.15) is 5.26 Å². The first-order valence-electron chi connectivity index (χ1n) is 10.6. The van der Waals surface area contributed by atoms with Crippen LogP contribution in [0.25, 0.3) is 0 Å². The highest BCUT2D eigenvalue weighted by Crippen LogP contribution is 2.32. The average Bonchev–Trinajstić information content (AvgIpc) is 3.61. The summed E-state index contributed by atoms with van der Waals surface area (Å²) in [4.78, 5) is 16.6. The molecule has 1 heterocycles. The number of sulfone groups is 1. The molecule has 33 heavy (non-hydrogen) atoms. The summed E-state index contributed by atoms with van der Waals surface area (Å²) < 4.78 is 57.8. The second-order valence-corrected chi connectivity index (χ2v) is 10.4. The van der Waals surface area contributed by atoms with Gasteiger partial charge in [0, 0.05) is 38.1 Å². The van der Waals surface area contributed by atoms with E-state index in [-0.39, 0.29) is 29.5 Å². The molecule has 2 aromatic rings. The molecule has 2 aliphatic rings. The summed E-state index contributed by atoms with van der Waals surface area (Å²) in [6, 6.07) is 8.01. The van der Waals surface area contributed by atoms with Crippen LogP contribution in [0.4, 0.5) is 14.5 Å². The molecule has 174 valence electrons. The van der Waals surface area contributed by atoms with Gasteiger partial charge in [-0.15, -0.1) is 0 Å². The molecular weight excluding hydrogens is 452 g/mol. The topological polar surface area (TPSA) is 90.7 Å². The smallest absolute Gasteiger partial charge is 0.257 e. The predicted molar refractivity (Wildman–Crippen MR) is 117 cm³/mol. The molecule has 7 nitrogen and oxygen atoms in total. The molecule has 0 bridgehead atoms. The maximum absolute atomic E-state index is 14.0. The van der Waals surface area contributed by atoms with Crippen LogP contribution in [0.15, 0.2) is 35.2 Å². The number of nitriles is 1. The Hall–Kier alpha value is -3.19. The van der Waals surface area contributed by atoms with E-state index in [9.17, 15) is 22.0 Å². The van der Waals surface area contributed by atoms with Crippen LogP contribution in [0.5, 0.6) is 5.75 Å². The normalized spacial score (nSPS) is 16.4. The zero-order valence-electron chi connectivity index (χ0n) is 18.1. The van der Waals surface area contributed by atoms with Crippen molar-refractivity contribution >= 4 is 21.4 Å². The summed E-state index contributed by atoms with van der Waals surface area (Å²) in [7, 11) is -3.51. The molecule has 0 spiro atoms. The Kier molecular flexibility index (Phi) is 6.26. The summed E-state index contributed by atoms with van der Waals surface area (Å²) in [6.07, 6.45) is 3.22. The van der Waals surface area contributed by atoms with E-state index in [1.54, 1.807) is 9.80 Å². The number of rotatable bonds is 6. The minimum Gasteiger partial charge on any atom is -0.492 e. The third-order valence-electron chi connectivity index (χ3n) is 5.85. The van der Waals surface area contributed by atoms with Gasteiger partial charge in [-0.3, -0.25) is 4.79 Å². The highest BCUT2D eigenvalue weighted by atomic mass is 32.2. The van der Waals surface area contributed by atoms with Gasteiger partial charge in [-0.1, -0.05) is 0 Å². The second kappa shape index (κ2) is 8.98. The first-order chi connectivity index (χ1) is 15.7. The van der Waals surface area contributed by atoms with E-state index in [4.69, 9.17) is 10.00 Å². The summed E-state index contributed by atoms with van der Waals surface area (Å²) in [5.74, 6) is -1.41. The Morgan fingerprint density at radius 3 is 2.30 bits per heavy atom. The number of anilines is 1. The SMILES string of the molecule is CS(=O)(=O)c1ccc(OCC2CC2)c(C(=O)N2CCN(c3cc(F)c(C#N)c(F)c3)CC2)c1. The van der Waals surface area contributed by atoms with Gasteiger partial charge in [0.15, 0.2) is 9.84 Å². The van der Waals surface area contributed by atoms with E-state index in [0.717, 1.165) is 31.2 Å². The van der Waals surface area contributed by atoms with Crippen molar-refractivity contribution in [2.24, 2.45) is 5.92 Å². The van der Waals surface area contributed by atoms with Crippen LogP contribution in [0, 0.1) is 28.9 Å². The Labute approximate surface area is 191 Å². The molecule has 1 saturated heterocycles. The lowest BCUT2D eigenvalue weighted by Gasteiger charge is -2.36. The molecule has 1 aliphatic heterocycles. The molecular formula is C23H23F2N3O4S. The number of nitrogens with zero attached hydrogens (tertiary/aromatic N) is 3. The minimum absolute atomic E-state index is 0.0341. The van der Waals surface area contributed by atoms with Crippen molar-refractivity contribution in [3.63, 3.8) is 0 Å². The third kappa shape index (κ3) is 5.09. The standard InChI is InChI=1S/C23H23F2N3O4S/c1-33(30,31)17-4-5-22(32-14-15-2-3-15)18(12-17)23(29)28-8-6-27(7-9-28)16-10-20(24)19(13-26)21(25)11-16/h4-5,10-12,15H,2-3,6-9,14H2,1H3. The number of hydrogen-bond acceptors (Lipinski definition) is 6. The highest BCUT2D eigenvalue weighted by Gasteiger charge is 2.28. The van der Waals surface area contributed by atoms with Crippen LogP contribution >= 0.6 is 0 Å². The molecule has 0 atom stereocenters. The molecule has 0 unspecified atom stereocenters. The molecule has 0 N–H and O–H groups in total. The van der Waals surface area contributed by atoms with E-state index in [0.29, 0.717) is 37.1 Å². The van der Waals surface area contributed by atoms with Crippen LogP contribution in [0.1, 0.15) is 28.8 Å². The van der Waals surface area contributed by atoms with E-state index in [1.165, 1.54) is 24.3 Å². The highest BCUT2D eigenvalue weighted by molar-refractivity contribution is 7.90. The summed E-state index contributed by atoms with van der Waals surface area (Å²) in [5, 5.41) is 8.83. The Morgan fingerprint density at radius 1 is 1.12 bits per heavy atom. The number of piperazine rings is 1. The molecule has 0 aromatic heterocycles. The molecule has 0 radical (unpaired) electrons. The first kappa shape index (κ1) is 23.0. The quantitative estimate of drug-likeness (QED) is 0.638. The van der Waals surface area contributed by atoms with Gasteiger partial charge >= 0.3 is 0 Å². The third-order valence-corrected chi connectivity index (χ3v) is 6.96. The number of hydrogen-bond donors (Lipinski definition) is 0. The van der Waals surface area contributed by atoms with E-state index in [2.05, 4.69) is 0 Å². The van der Waals surface area contributed by atoms with Gasteiger partial charge in [0.1, 0.15) is 29.0 Å². The van der Waals surface area contributed by atoms with Crippen LogP contribution in [0.2, 0.25) is 0 Å². The van der Waals surface area contributed by atoms with Crippen LogP contribution in [-0.4, -0.2) is 58.3 Å². The number of amides is 1. The van der Waals surface area contributed by atoms with E-state index in [1.807, 2.05) is 0 Å². The number of ether oxygens (including phenoxy) is 1. The van der Waals surface area contributed by atoms with Gasteiger partial charge in [0.05, 0.1) is 17.1 Å². The van der Waals surface area contributed by atoms with Crippen LogP contribution < -0.4 is 9.64 Å². The van der Waals surface area contributed by atoms with Crippen molar-refractivity contribution in [3.8, 4) is 11.8 Å². The Bertz CT molecular complexity index is 1210. The van der Waals surface area contributed by atoms with Crippen molar-refractivity contribution < 1.29 is 26.7 Å². The Morgan fingerprint density at radius 2 is 1.76 bits per heavy atom. The van der Waals surface area contributed by atoms with Crippen molar-refractivity contribution in [1.82, 2.24) is 4.90 Å². The lowest BCUT2D eigenvalue weighted by Crippen LogP contribution is -2.49. The maximum atomic E-state index is 14.0. The molecule has 4 rings (SSSR count). The number of halogens is 2. The molecule has 2 aromatic carbocycles. The molecule has 1 aliphatic carbocycles. The fraction of sp³-hybridized carbons (Fsp3) is 0.391. The van der Waals surface area contributed by atoms with Crippen molar-refractivity contribution in [1.29, 1.82) is 5.26 Å². The summed E-state index contributed by atoms with van der Waals surface area (Å²) >= 11 is 0. The van der Waals surface area contributed by atoms with E-state index < -0.39 is 27.0 Å². The largest absolute Gasteiger partial charge is 0.492 e. The number of carbonyl (C=O) groups is 1. The van der Waals surface area contributed by atoms with Gasteiger partial charge in [0.2, 0.25) is 0 Å². The van der Waals surface area contributed by atoms with E-state index >= 15 is 0 Å². The van der Waals surface area contributed by atoms with Crippen molar-refractivity contribution in [3.05, 3.63) is 53.1 Å². The lowest BCUT2D eigenvalue weighted by atomic mass is 10.1. The van der Waals surface area contributed by atoms with Crippen molar-refractivity contribution in [2.45, 2.75) is 17.7 Å². The number of carbonyl (C=O) groups excluding carboxylic acids is 1. The molecule has 1 amide bonds. The van der Waals surface area contributed by atoms with Crippen LogP contribution in [0.3, 0.4) is 0 Å². The molecule has 2 fully saturated rings. The maximum Gasteiger partial charge on any atom is 0.257 e. The average molecular weight is 476 g/mol. The zero-order valence-corrected chi connectivity index (χ0v) is 18.9. The Balaban J connectivity index is 1.51. The fourth-order valence-electron chi connectivity index (χ4n) is 3.71. The monoisotopic (exact) mass is 475 g/mol. The second-order valence-electron chi connectivity index (χ2n) is 8.36. The molecule has 1 saturated carbocycles. The van der Waals surface area contributed by atoms with Gasteiger partial charge in [-0.25, -0.2) is 17.2 Å². The van der Waals surface area contributed by atoms with Gasteiger partial charge < -0.3 is 14.5 Å². The van der Waals surface area contributed by atoms with Crippen LogP contribution in [-0.2, 0) is 9.84 Å². The first-order valence-corrected chi connectivity index (χ1v) is 12.5. The minimum atomic E-state index is -3.51. The predicted octanol–water partition coefficient (Wildman–Crippen LogP) is 2.99. The lowest BCUT2D eigenvalue weighted by molar-refractivity contribution is 0.0741. The number of benzene rings is 2. The van der Waals surface area contributed by atoms with Gasteiger partial charge in [-0.05, 0) is 49.1 Å². The van der Waals surface area contributed by atoms with Crippen molar-refractivity contribution in [2.75, 3.05) is 43.9 Å². The fourth-order valence-corrected chi connectivity index (χ4v) is 4.36.